The molecule has 3 heterocycles. The molecule has 0 N–H and O–H groups in total. The van der Waals surface area contributed by atoms with Gasteiger partial charge in [-0.2, -0.15) is 5.10 Å². The van der Waals surface area contributed by atoms with E-state index in [2.05, 4.69) is 12.0 Å². The van der Waals surface area contributed by atoms with Crippen LogP contribution in [0.5, 0.6) is 11.5 Å². The van der Waals surface area contributed by atoms with Gasteiger partial charge in [-0.15, -0.1) is 0 Å². The number of ether oxygens (including phenoxy) is 2. The standard InChI is InChI=1S/C20H25N3O3/c1-14-5-3-8-23(12-14)20(24)16-13-22(2)21-19(16)15-6-7-17-18(11-15)26-10-4-9-25-17/h6-7,11,13-14H,3-5,8-10,12H2,1-2H3. The van der Waals surface area contributed by atoms with Crippen LogP contribution in [0.4, 0.5) is 0 Å². The van der Waals surface area contributed by atoms with Gasteiger partial charge < -0.3 is 14.4 Å². The van der Waals surface area contributed by atoms with Crippen molar-refractivity contribution in [2.24, 2.45) is 13.0 Å². The summed E-state index contributed by atoms with van der Waals surface area (Å²) in [6.07, 6.45) is 4.93. The van der Waals surface area contributed by atoms with Crippen molar-refractivity contribution in [3.05, 3.63) is 30.0 Å². The molecule has 0 aliphatic carbocycles. The summed E-state index contributed by atoms with van der Waals surface area (Å²) in [6, 6.07) is 5.78. The quantitative estimate of drug-likeness (QED) is 0.831. The van der Waals surface area contributed by atoms with Crippen molar-refractivity contribution < 1.29 is 14.3 Å². The zero-order chi connectivity index (χ0) is 18.1. The van der Waals surface area contributed by atoms with Crippen LogP contribution in [-0.4, -0.2) is 46.9 Å². The van der Waals surface area contributed by atoms with Crippen molar-refractivity contribution in [1.82, 2.24) is 14.7 Å². The van der Waals surface area contributed by atoms with Crippen LogP contribution < -0.4 is 9.47 Å². The first kappa shape index (κ1) is 16.9. The van der Waals surface area contributed by atoms with Crippen LogP contribution in [0.15, 0.2) is 24.4 Å². The van der Waals surface area contributed by atoms with Crippen molar-refractivity contribution in [2.45, 2.75) is 26.2 Å². The number of hydrogen-bond donors (Lipinski definition) is 0. The second-order valence-corrected chi connectivity index (χ2v) is 7.28. The maximum Gasteiger partial charge on any atom is 0.257 e. The first-order valence-corrected chi connectivity index (χ1v) is 9.35. The number of nitrogens with zero attached hydrogens (tertiary/aromatic N) is 3. The molecule has 1 amide bonds. The number of carbonyl (C=O) groups is 1. The van der Waals surface area contributed by atoms with Crippen molar-refractivity contribution >= 4 is 5.91 Å². The summed E-state index contributed by atoms with van der Waals surface area (Å²) in [4.78, 5) is 15.1. The molecule has 0 radical (unpaired) electrons. The van der Waals surface area contributed by atoms with E-state index in [0.717, 1.165) is 43.0 Å². The van der Waals surface area contributed by atoms with E-state index >= 15 is 0 Å². The molecule has 1 fully saturated rings. The monoisotopic (exact) mass is 355 g/mol. The van der Waals surface area contributed by atoms with Gasteiger partial charge in [0.25, 0.3) is 5.91 Å². The van der Waals surface area contributed by atoms with Gasteiger partial charge in [0.15, 0.2) is 11.5 Å². The molecule has 1 atom stereocenters. The third-order valence-electron chi connectivity index (χ3n) is 5.02. The summed E-state index contributed by atoms with van der Waals surface area (Å²) >= 11 is 0. The van der Waals surface area contributed by atoms with Crippen molar-refractivity contribution in [3.63, 3.8) is 0 Å². The average Bonchev–Trinajstić information content (AvgIpc) is 2.87. The molecule has 0 saturated carbocycles. The fourth-order valence-electron chi connectivity index (χ4n) is 3.71. The Morgan fingerprint density at radius 3 is 2.81 bits per heavy atom. The van der Waals surface area contributed by atoms with Gasteiger partial charge in [-0.1, -0.05) is 6.92 Å². The number of fused-ring (bicyclic) bond motifs is 1. The van der Waals surface area contributed by atoms with Crippen LogP contribution in [0, 0.1) is 5.92 Å². The number of carbonyl (C=O) groups excluding carboxylic acids is 1. The van der Waals surface area contributed by atoms with Crippen LogP contribution in [0.1, 0.15) is 36.5 Å². The van der Waals surface area contributed by atoms with Crippen molar-refractivity contribution in [1.29, 1.82) is 0 Å². The third-order valence-corrected chi connectivity index (χ3v) is 5.02. The lowest BCUT2D eigenvalue weighted by atomic mass is 9.99. The lowest BCUT2D eigenvalue weighted by molar-refractivity contribution is 0.0683. The summed E-state index contributed by atoms with van der Waals surface area (Å²) in [5.74, 6) is 2.08. The van der Waals surface area contributed by atoms with E-state index in [1.165, 1.54) is 6.42 Å². The third kappa shape index (κ3) is 3.28. The molecule has 1 aromatic heterocycles. The number of benzene rings is 1. The molecular formula is C20H25N3O3. The number of likely N-dealkylation sites (tertiary alicyclic amines) is 1. The Labute approximate surface area is 153 Å². The lowest BCUT2D eigenvalue weighted by Gasteiger charge is -2.30. The van der Waals surface area contributed by atoms with Crippen LogP contribution in [0.25, 0.3) is 11.3 Å². The van der Waals surface area contributed by atoms with E-state index < -0.39 is 0 Å². The molecule has 0 spiro atoms. The average molecular weight is 355 g/mol. The predicted molar refractivity (Wildman–Crippen MR) is 98.6 cm³/mol. The Kier molecular flexibility index (Phi) is 4.57. The lowest BCUT2D eigenvalue weighted by Crippen LogP contribution is -2.39. The summed E-state index contributed by atoms with van der Waals surface area (Å²) in [5.41, 5.74) is 2.23. The van der Waals surface area contributed by atoms with Crippen LogP contribution >= 0.6 is 0 Å². The Morgan fingerprint density at radius 1 is 1.19 bits per heavy atom. The smallest absolute Gasteiger partial charge is 0.257 e. The van der Waals surface area contributed by atoms with Crippen LogP contribution in [-0.2, 0) is 7.05 Å². The highest BCUT2D eigenvalue weighted by Crippen LogP contribution is 2.35. The van der Waals surface area contributed by atoms with E-state index in [1.54, 1.807) is 4.68 Å². The minimum Gasteiger partial charge on any atom is -0.490 e. The minimum atomic E-state index is 0.0618. The number of amides is 1. The van der Waals surface area contributed by atoms with Gasteiger partial charge >= 0.3 is 0 Å². The normalized spacial score (nSPS) is 19.9. The SMILES string of the molecule is CC1CCCN(C(=O)c2cn(C)nc2-c2ccc3c(c2)OCCCO3)C1. The number of aromatic nitrogens is 2. The number of aryl methyl sites for hydroxylation is 1. The summed E-state index contributed by atoms with van der Waals surface area (Å²) in [5, 5.41) is 4.56. The van der Waals surface area contributed by atoms with E-state index in [1.807, 2.05) is 36.3 Å². The Hall–Kier alpha value is -2.50. The fourth-order valence-corrected chi connectivity index (χ4v) is 3.71. The van der Waals surface area contributed by atoms with E-state index in [9.17, 15) is 4.79 Å². The number of hydrogen-bond acceptors (Lipinski definition) is 4. The van der Waals surface area contributed by atoms with Gasteiger partial charge in [-0.3, -0.25) is 9.48 Å². The highest BCUT2D eigenvalue weighted by molar-refractivity contribution is 6.00. The molecule has 2 aromatic rings. The van der Waals surface area contributed by atoms with E-state index in [-0.39, 0.29) is 5.91 Å². The molecule has 2 aliphatic heterocycles. The van der Waals surface area contributed by atoms with Crippen molar-refractivity contribution in [2.75, 3.05) is 26.3 Å². The second-order valence-electron chi connectivity index (χ2n) is 7.28. The molecule has 138 valence electrons. The largest absolute Gasteiger partial charge is 0.490 e. The first-order chi connectivity index (χ1) is 12.6. The highest BCUT2D eigenvalue weighted by atomic mass is 16.5. The second kappa shape index (κ2) is 7.02. The maximum absolute atomic E-state index is 13.1. The Morgan fingerprint density at radius 2 is 2.00 bits per heavy atom. The molecule has 6 heteroatoms. The molecule has 1 saturated heterocycles. The summed E-state index contributed by atoms with van der Waals surface area (Å²) in [6.45, 7) is 5.13. The highest BCUT2D eigenvalue weighted by Gasteiger charge is 2.26. The Bertz CT molecular complexity index is 815. The zero-order valence-electron chi connectivity index (χ0n) is 15.4. The molecular weight excluding hydrogens is 330 g/mol. The number of rotatable bonds is 2. The van der Waals surface area contributed by atoms with Crippen LogP contribution in [0.2, 0.25) is 0 Å². The molecule has 0 bridgehead atoms. The van der Waals surface area contributed by atoms with Gasteiger partial charge in [0.05, 0.1) is 18.8 Å². The van der Waals surface area contributed by atoms with E-state index in [4.69, 9.17) is 9.47 Å². The van der Waals surface area contributed by atoms with Crippen LogP contribution in [0.3, 0.4) is 0 Å². The van der Waals surface area contributed by atoms with Gasteiger partial charge in [-0.25, -0.2) is 0 Å². The fraction of sp³-hybridized carbons (Fsp3) is 0.500. The predicted octanol–water partition coefficient (Wildman–Crippen LogP) is 3.12. The molecule has 1 unspecified atom stereocenters. The maximum atomic E-state index is 13.1. The van der Waals surface area contributed by atoms with Crippen molar-refractivity contribution in [3.8, 4) is 22.8 Å². The van der Waals surface area contributed by atoms with Gasteiger partial charge in [0.2, 0.25) is 0 Å². The molecule has 2 aliphatic rings. The van der Waals surface area contributed by atoms with Gasteiger partial charge in [0.1, 0.15) is 5.69 Å². The van der Waals surface area contributed by atoms with E-state index in [0.29, 0.717) is 30.4 Å². The Balaban J connectivity index is 1.67. The summed E-state index contributed by atoms with van der Waals surface area (Å²) in [7, 11) is 1.85. The molecule has 1 aromatic carbocycles. The van der Waals surface area contributed by atoms with Gasteiger partial charge in [0, 0.05) is 38.3 Å². The zero-order valence-corrected chi connectivity index (χ0v) is 15.4. The molecule has 4 rings (SSSR count). The minimum absolute atomic E-state index is 0.0618. The number of piperidine rings is 1. The topological polar surface area (TPSA) is 56.6 Å². The molecule has 6 nitrogen and oxygen atoms in total. The molecule has 26 heavy (non-hydrogen) atoms. The first-order valence-electron chi connectivity index (χ1n) is 9.35. The van der Waals surface area contributed by atoms with Gasteiger partial charge in [-0.05, 0) is 37.0 Å². The summed E-state index contributed by atoms with van der Waals surface area (Å²) < 4.78 is 13.2.